The minimum Gasteiger partial charge on any atom is -0.0833 e. The molecule has 0 N–H and O–H groups in total. The fourth-order valence-corrected chi connectivity index (χ4v) is 1.73. The number of aryl methyl sites for hydroxylation is 1. The maximum absolute atomic E-state index is 3.75. The van der Waals surface area contributed by atoms with Crippen LogP contribution in [0, 0.1) is 5.41 Å². The van der Waals surface area contributed by atoms with E-state index in [9.17, 15) is 0 Å². The van der Waals surface area contributed by atoms with Crippen LogP contribution in [0.1, 0.15) is 43.6 Å². The lowest BCUT2D eigenvalue weighted by atomic mass is 9.87. The number of rotatable bonds is 2. The highest BCUT2D eigenvalue weighted by molar-refractivity contribution is 9.09. The highest BCUT2D eigenvalue weighted by atomic mass is 79.9. The van der Waals surface area contributed by atoms with Crippen molar-refractivity contribution in [1.82, 2.24) is 0 Å². The zero-order valence-electron chi connectivity index (χ0n) is 9.47. The van der Waals surface area contributed by atoms with Gasteiger partial charge in [-0.05, 0) is 23.0 Å². The van der Waals surface area contributed by atoms with Gasteiger partial charge in [-0.3, -0.25) is 0 Å². The summed E-state index contributed by atoms with van der Waals surface area (Å²) < 4.78 is 0. The van der Waals surface area contributed by atoms with Gasteiger partial charge in [-0.1, -0.05) is 67.9 Å². The van der Waals surface area contributed by atoms with Crippen molar-refractivity contribution < 1.29 is 0 Å². The molecule has 1 atom stereocenters. The van der Waals surface area contributed by atoms with Crippen molar-refractivity contribution >= 4 is 15.9 Å². The molecule has 78 valence electrons. The minimum absolute atomic E-state index is 0.272. The third kappa shape index (κ3) is 2.84. The summed E-state index contributed by atoms with van der Waals surface area (Å²) in [6, 6.07) is 8.89. The van der Waals surface area contributed by atoms with Crippen molar-refractivity contribution in [3.8, 4) is 0 Å². The minimum atomic E-state index is 0.272. The second-order valence-corrected chi connectivity index (χ2v) is 5.74. The molecule has 0 bridgehead atoms. The molecular formula is C13H19Br. The molecule has 1 heteroatoms. The van der Waals surface area contributed by atoms with Crippen molar-refractivity contribution in [3.05, 3.63) is 35.4 Å². The van der Waals surface area contributed by atoms with E-state index in [1.54, 1.807) is 0 Å². The van der Waals surface area contributed by atoms with Gasteiger partial charge in [0, 0.05) is 4.83 Å². The normalized spacial score (nSPS) is 14.1. The molecule has 0 aliphatic carbocycles. The summed E-state index contributed by atoms with van der Waals surface area (Å²) in [6.07, 6.45) is 1.11. The molecule has 14 heavy (non-hydrogen) atoms. The number of benzene rings is 1. The van der Waals surface area contributed by atoms with Crippen LogP contribution >= 0.6 is 15.9 Å². The van der Waals surface area contributed by atoms with Crippen LogP contribution in [-0.2, 0) is 6.42 Å². The summed E-state index contributed by atoms with van der Waals surface area (Å²) >= 11 is 3.75. The number of halogens is 1. The monoisotopic (exact) mass is 254 g/mol. The fourth-order valence-electron chi connectivity index (χ4n) is 1.42. The molecule has 0 saturated carbocycles. The lowest BCUT2D eigenvalue weighted by Crippen LogP contribution is -2.12. The molecular weight excluding hydrogens is 236 g/mol. The van der Waals surface area contributed by atoms with Crippen molar-refractivity contribution in [3.63, 3.8) is 0 Å². The van der Waals surface area contributed by atoms with E-state index in [0.29, 0.717) is 4.83 Å². The van der Waals surface area contributed by atoms with Crippen molar-refractivity contribution in [1.29, 1.82) is 0 Å². The molecule has 1 aromatic carbocycles. The highest BCUT2D eigenvalue weighted by Crippen LogP contribution is 2.39. The highest BCUT2D eigenvalue weighted by Gasteiger charge is 2.22. The Morgan fingerprint density at radius 2 is 1.64 bits per heavy atom. The Balaban J connectivity index is 2.87. The Hall–Kier alpha value is -0.300. The van der Waals surface area contributed by atoms with Gasteiger partial charge < -0.3 is 0 Å². The van der Waals surface area contributed by atoms with Crippen LogP contribution in [0.5, 0.6) is 0 Å². The fraction of sp³-hybridized carbons (Fsp3) is 0.538. The van der Waals surface area contributed by atoms with Gasteiger partial charge in [-0.15, -0.1) is 0 Å². The zero-order valence-corrected chi connectivity index (χ0v) is 11.1. The summed E-state index contributed by atoms with van der Waals surface area (Å²) in [5, 5.41) is 0. The lowest BCUT2D eigenvalue weighted by Gasteiger charge is -2.26. The standard InChI is InChI=1S/C13H19Br/c1-5-10-6-8-11(9-7-10)12(14)13(2,3)4/h6-9,12H,5H2,1-4H3. The largest absolute Gasteiger partial charge is 0.0833 e. The van der Waals surface area contributed by atoms with E-state index in [1.807, 2.05) is 0 Å². The molecule has 1 aromatic rings. The second kappa shape index (κ2) is 4.48. The molecule has 0 aliphatic heterocycles. The van der Waals surface area contributed by atoms with Crippen LogP contribution in [0.15, 0.2) is 24.3 Å². The molecule has 0 saturated heterocycles. The van der Waals surface area contributed by atoms with Gasteiger partial charge >= 0.3 is 0 Å². The predicted octanol–water partition coefficient (Wildman–Crippen LogP) is 4.73. The first-order valence-electron chi connectivity index (χ1n) is 5.18. The van der Waals surface area contributed by atoms with E-state index in [2.05, 4.69) is 67.9 Å². The topological polar surface area (TPSA) is 0 Å². The summed E-state index contributed by atoms with van der Waals surface area (Å²) in [6.45, 7) is 8.94. The Morgan fingerprint density at radius 1 is 1.14 bits per heavy atom. The number of hydrogen-bond acceptors (Lipinski definition) is 0. The third-order valence-electron chi connectivity index (χ3n) is 2.44. The lowest BCUT2D eigenvalue weighted by molar-refractivity contribution is 0.407. The van der Waals surface area contributed by atoms with Gasteiger partial charge in [0.05, 0.1) is 0 Å². The van der Waals surface area contributed by atoms with Gasteiger partial charge in [0.25, 0.3) is 0 Å². The van der Waals surface area contributed by atoms with Crippen LogP contribution in [0.4, 0.5) is 0 Å². The van der Waals surface area contributed by atoms with E-state index in [1.165, 1.54) is 11.1 Å². The molecule has 1 rings (SSSR count). The van der Waals surface area contributed by atoms with Crippen molar-refractivity contribution in [2.45, 2.75) is 38.9 Å². The molecule has 0 aliphatic rings. The van der Waals surface area contributed by atoms with Crippen LogP contribution in [0.3, 0.4) is 0 Å². The molecule has 0 fully saturated rings. The quantitative estimate of drug-likeness (QED) is 0.670. The molecule has 0 aromatic heterocycles. The molecule has 0 heterocycles. The molecule has 1 unspecified atom stereocenters. The number of alkyl halides is 1. The average Bonchev–Trinajstić information content (AvgIpc) is 2.15. The van der Waals surface area contributed by atoms with E-state index < -0.39 is 0 Å². The molecule has 0 spiro atoms. The molecule has 0 radical (unpaired) electrons. The van der Waals surface area contributed by atoms with Crippen LogP contribution < -0.4 is 0 Å². The van der Waals surface area contributed by atoms with Crippen LogP contribution in [0.2, 0.25) is 0 Å². The Morgan fingerprint density at radius 3 is 2.00 bits per heavy atom. The third-order valence-corrected chi connectivity index (χ3v) is 4.34. The maximum Gasteiger partial charge on any atom is 0.0443 e. The van der Waals surface area contributed by atoms with E-state index in [4.69, 9.17) is 0 Å². The van der Waals surface area contributed by atoms with Gasteiger partial charge in [0.2, 0.25) is 0 Å². The van der Waals surface area contributed by atoms with Crippen LogP contribution in [-0.4, -0.2) is 0 Å². The number of hydrogen-bond donors (Lipinski definition) is 0. The van der Waals surface area contributed by atoms with Gasteiger partial charge in [-0.25, -0.2) is 0 Å². The second-order valence-electron chi connectivity index (χ2n) is 4.82. The first-order chi connectivity index (χ1) is 6.45. The SMILES string of the molecule is CCc1ccc(C(Br)C(C)(C)C)cc1. The average molecular weight is 255 g/mol. The summed E-state index contributed by atoms with van der Waals surface area (Å²) in [5.41, 5.74) is 3.05. The van der Waals surface area contributed by atoms with Crippen molar-refractivity contribution in [2.75, 3.05) is 0 Å². The van der Waals surface area contributed by atoms with Gasteiger partial charge in [0.1, 0.15) is 0 Å². The van der Waals surface area contributed by atoms with E-state index in [0.717, 1.165) is 6.42 Å². The first-order valence-corrected chi connectivity index (χ1v) is 6.09. The van der Waals surface area contributed by atoms with Crippen molar-refractivity contribution in [2.24, 2.45) is 5.41 Å². The van der Waals surface area contributed by atoms with Crippen LogP contribution in [0.25, 0.3) is 0 Å². The van der Waals surface area contributed by atoms with Gasteiger partial charge in [0.15, 0.2) is 0 Å². The Bertz CT molecular complexity index is 279. The Labute approximate surface area is 95.9 Å². The summed E-state index contributed by atoms with van der Waals surface area (Å²) in [7, 11) is 0. The van der Waals surface area contributed by atoms with Gasteiger partial charge in [-0.2, -0.15) is 0 Å². The summed E-state index contributed by atoms with van der Waals surface area (Å²) in [5.74, 6) is 0. The predicted molar refractivity (Wildman–Crippen MR) is 66.9 cm³/mol. The Kier molecular flexibility index (Phi) is 3.77. The first kappa shape index (κ1) is 11.8. The van der Waals surface area contributed by atoms with E-state index >= 15 is 0 Å². The zero-order chi connectivity index (χ0) is 10.8. The maximum atomic E-state index is 3.75. The molecule has 0 amide bonds. The smallest absolute Gasteiger partial charge is 0.0443 e. The van der Waals surface area contributed by atoms with E-state index in [-0.39, 0.29) is 5.41 Å². The summed E-state index contributed by atoms with van der Waals surface area (Å²) in [4.78, 5) is 0.431. The molecule has 0 nitrogen and oxygen atoms in total.